The van der Waals surface area contributed by atoms with Gasteiger partial charge in [-0.3, -0.25) is 15.1 Å². The van der Waals surface area contributed by atoms with E-state index in [1.165, 1.54) is 4.90 Å². The first-order valence-corrected chi connectivity index (χ1v) is 10.5. The van der Waals surface area contributed by atoms with E-state index in [9.17, 15) is 14.7 Å². The molecule has 0 spiro atoms. The predicted molar refractivity (Wildman–Crippen MR) is 115 cm³/mol. The molecule has 1 aromatic rings. The lowest BCUT2D eigenvalue weighted by atomic mass is 10.1. The Morgan fingerprint density at radius 2 is 1.97 bits per heavy atom. The molecule has 3 atom stereocenters. The summed E-state index contributed by atoms with van der Waals surface area (Å²) in [5.74, 6) is 0.693. The molecule has 0 radical (unpaired) electrons. The highest BCUT2D eigenvalue weighted by molar-refractivity contribution is 6.04. The molecular formula is C21H31N5O5. The lowest BCUT2D eigenvalue weighted by Crippen LogP contribution is -2.65. The zero-order valence-electron chi connectivity index (χ0n) is 18.2. The average Bonchev–Trinajstić information content (AvgIpc) is 3.09. The molecule has 0 saturated carbocycles. The Balaban J connectivity index is 1.67. The normalized spacial score (nSPS) is 23.1. The van der Waals surface area contributed by atoms with Crippen molar-refractivity contribution in [1.29, 1.82) is 0 Å². The monoisotopic (exact) mass is 433 g/mol. The predicted octanol–water partition coefficient (Wildman–Crippen LogP) is 0.379. The minimum absolute atomic E-state index is 0.0593. The molecule has 10 nitrogen and oxygen atoms in total. The van der Waals surface area contributed by atoms with Crippen molar-refractivity contribution in [2.75, 3.05) is 33.4 Å². The van der Waals surface area contributed by atoms with Crippen LogP contribution in [-0.2, 0) is 9.53 Å². The highest BCUT2D eigenvalue weighted by Gasteiger charge is 2.50. The fraction of sp³-hybridized carbons (Fsp3) is 0.571. The number of carbonyl (C=O) groups excluding carboxylic acids is 2. The third-order valence-corrected chi connectivity index (χ3v) is 5.03. The van der Waals surface area contributed by atoms with Crippen molar-refractivity contribution in [1.82, 2.24) is 20.4 Å². The molecule has 3 rings (SSSR count). The van der Waals surface area contributed by atoms with E-state index in [0.29, 0.717) is 31.3 Å². The maximum absolute atomic E-state index is 12.6. The molecule has 31 heavy (non-hydrogen) atoms. The summed E-state index contributed by atoms with van der Waals surface area (Å²) in [6.45, 7) is 5.19. The molecular weight excluding hydrogens is 402 g/mol. The Hall–Kier alpha value is -2.85. The van der Waals surface area contributed by atoms with Crippen LogP contribution < -0.4 is 15.4 Å². The number of carbonyl (C=O) groups is 2. The van der Waals surface area contributed by atoms with E-state index in [1.54, 1.807) is 24.1 Å². The fourth-order valence-electron chi connectivity index (χ4n) is 3.48. The van der Waals surface area contributed by atoms with Crippen molar-refractivity contribution < 1.29 is 24.2 Å². The van der Waals surface area contributed by atoms with Crippen molar-refractivity contribution in [3.05, 3.63) is 30.3 Å². The molecule has 3 amide bonds. The maximum atomic E-state index is 12.6. The van der Waals surface area contributed by atoms with Gasteiger partial charge in [-0.25, -0.2) is 4.79 Å². The van der Waals surface area contributed by atoms with Gasteiger partial charge in [0, 0.05) is 20.2 Å². The molecule has 0 bridgehead atoms. The molecule has 2 heterocycles. The highest BCUT2D eigenvalue weighted by Crippen LogP contribution is 2.21. The van der Waals surface area contributed by atoms with Crippen LogP contribution in [0.2, 0.25) is 0 Å². The van der Waals surface area contributed by atoms with Crippen LogP contribution in [0.3, 0.4) is 0 Å². The van der Waals surface area contributed by atoms with Crippen LogP contribution >= 0.6 is 0 Å². The van der Waals surface area contributed by atoms with Gasteiger partial charge in [-0.1, -0.05) is 18.2 Å². The van der Waals surface area contributed by atoms with Gasteiger partial charge in [-0.05, 0) is 32.4 Å². The minimum Gasteiger partial charge on any atom is -0.491 e. The van der Waals surface area contributed by atoms with E-state index in [1.807, 2.05) is 32.0 Å². The van der Waals surface area contributed by atoms with Crippen molar-refractivity contribution >= 4 is 17.9 Å². The number of aliphatic imine (C=N–C) groups is 1. The van der Waals surface area contributed by atoms with Crippen LogP contribution in [0, 0.1) is 0 Å². The van der Waals surface area contributed by atoms with E-state index >= 15 is 0 Å². The Labute approximate surface area is 182 Å². The number of nitrogens with zero attached hydrogens (tertiary/aromatic N) is 3. The molecule has 170 valence electrons. The van der Waals surface area contributed by atoms with E-state index in [0.717, 1.165) is 0 Å². The first kappa shape index (κ1) is 22.8. The van der Waals surface area contributed by atoms with Gasteiger partial charge in [0.05, 0.1) is 12.6 Å². The lowest BCUT2D eigenvalue weighted by Gasteiger charge is -2.35. The molecule has 0 aliphatic carbocycles. The Morgan fingerprint density at radius 3 is 2.68 bits per heavy atom. The number of urea groups is 1. The second-order valence-corrected chi connectivity index (χ2v) is 7.85. The third kappa shape index (κ3) is 5.86. The van der Waals surface area contributed by atoms with Crippen LogP contribution in [0.5, 0.6) is 5.75 Å². The number of benzene rings is 1. The number of amides is 3. The zero-order valence-corrected chi connectivity index (χ0v) is 18.2. The third-order valence-electron chi connectivity index (χ3n) is 5.03. The van der Waals surface area contributed by atoms with Gasteiger partial charge in [0.2, 0.25) is 0 Å². The van der Waals surface area contributed by atoms with Crippen molar-refractivity contribution in [3.8, 4) is 5.75 Å². The summed E-state index contributed by atoms with van der Waals surface area (Å²) < 4.78 is 11.2. The first-order chi connectivity index (χ1) is 14.9. The summed E-state index contributed by atoms with van der Waals surface area (Å²) in [7, 11) is 1.61. The fourth-order valence-corrected chi connectivity index (χ4v) is 3.48. The Morgan fingerprint density at radius 1 is 1.23 bits per heavy atom. The van der Waals surface area contributed by atoms with Crippen LogP contribution in [-0.4, -0.2) is 90.6 Å². The van der Waals surface area contributed by atoms with Gasteiger partial charge in [-0.15, -0.1) is 0 Å². The summed E-state index contributed by atoms with van der Waals surface area (Å²) in [6.07, 6.45) is -0.562. The van der Waals surface area contributed by atoms with Crippen LogP contribution in [0.1, 0.15) is 20.3 Å². The largest absolute Gasteiger partial charge is 0.491 e. The number of β-amino-alcohol motifs (C(OH)–C–C–N with tert-alkyl or cyclic N) is 1. The number of hydrogen-bond donors (Lipinski definition) is 3. The number of aliphatic hydroxyl groups is 1. The molecule has 0 aromatic heterocycles. The number of guanidine groups is 1. The molecule has 2 fully saturated rings. The molecule has 10 heteroatoms. The van der Waals surface area contributed by atoms with Crippen LogP contribution in [0.4, 0.5) is 4.79 Å². The second-order valence-electron chi connectivity index (χ2n) is 7.85. The van der Waals surface area contributed by atoms with Gasteiger partial charge < -0.3 is 29.7 Å². The SMILES string of the molecule is CC(C)OCCCN=C1NC2C(C(=O)NC(=O)N2C)N1CC(O)COc1ccccc1. The average molecular weight is 434 g/mol. The van der Waals surface area contributed by atoms with Crippen LogP contribution in [0.15, 0.2) is 35.3 Å². The quantitative estimate of drug-likeness (QED) is 0.457. The smallest absolute Gasteiger partial charge is 0.325 e. The molecule has 2 aliphatic heterocycles. The summed E-state index contributed by atoms with van der Waals surface area (Å²) in [6, 6.07) is 8.03. The van der Waals surface area contributed by atoms with E-state index in [-0.39, 0.29) is 19.3 Å². The number of para-hydroxylation sites is 1. The number of rotatable bonds is 10. The molecule has 2 saturated heterocycles. The number of nitrogens with one attached hydrogen (secondary N) is 2. The van der Waals surface area contributed by atoms with Gasteiger partial charge in [0.1, 0.15) is 24.6 Å². The summed E-state index contributed by atoms with van der Waals surface area (Å²) in [4.78, 5) is 32.3. The number of ether oxygens (including phenoxy) is 2. The van der Waals surface area contributed by atoms with E-state index in [4.69, 9.17) is 9.47 Å². The van der Waals surface area contributed by atoms with E-state index in [2.05, 4.69) is 15.6 Å². The maximum Gasteiger partial charge on any atom is 0.325 e. The summed E-state index contributed by atoms with van der Waals surface area (Å²) >= 11 is 0. The second kappa shape index (κ2) is 10.5. The number of hydrogen-bond acceptors (Lipinski definition) is 6. The standard InChI is InChI=1S/C21H31N5O5/c1-14(2)30-11-7-10-22-20-23-18-17(19(28)24-21(29)25(18)3)26(20)12-15(27)13-31-16-8-5-4-6-9-16/h4-6,8-9,14-15,17-18,27H,7,10-13H2,1-3H3,(H,22,23)(H,24,28,29). The first-order valence-electron chi connectivity index (χ1n) is 10.5. The summed E-state index contributed by atoms with van der Waals surface area (Å²) in [5.41, 5.74) is 0. The van der Waals surface area contributed by atoms with Gasteiger partial charge in [-0.2, -0.15) is 0 Å². The van der Waals surface area contributed by atoms with Crippen molar-refractivity contribution in [2.45, 2.75) is 44.7 Å². The molecule has 2 aliphatic rings. The van der Waals surface area contributed by atoms with Gasteiger partial charge in [0.25, 0.3) is 5.91 Å². The van der Waals surface area contributed by atoms with Crippen LogP contribution in [0.25, 0.3) is 0 Å². The number of likely N-dealkylation sites (N-methyl/N-ethyl adjacent to an activating group) is 1. The highest BCUT2D eigenvalue weighted by atomic mass is 16.5. The topological polar surface area (TPSA) is 116 Å². The summed E-state index contributed by atoms with van der Waals surface area (Å²) in [5, 5.41) is 16.1. The number of imide groups is 1. The van der Waals surface area contributed by atoms with E-state index < -0.39 is 30.2 Å². The zero-order chi connectivity index (χ0) is 22.4. The Bertz CT molecular complexity index is 788. The lowest BCUT2D eigenvalue weighted by molar-refractivity contribution is -0.127. The number of fused-ring (bicyclic) bond motifs is 1. The van der Waals surface area contributed by atoms with Gasteiger partial charge in [0.15, 0.2) is 12.0 Å². The Kier molecular flexibility index (Phi) is 7.69. The van der Waals surface area contributed by atoms with Crippen molar-refractivity contribution in [3.63, 3.8) is 0 Å². The van der Waals surface area contributed by atoms with Crippen molar-refractivity contribution in [2.24, 2.45) is 4.99 Å². The molecule has 3 N–H and O–H groups in total. The van der Waals surface area contributed by atoms with Gasteiger partial charge >= 0.3 is 6.03 Å². The molecule has 3 unspecified atom stereocenters. The minimum atomic E-state index is -0.869. The molecule has 1 aromatic carbocycles. The number of aliphatic hydroxyl groups excluding tert-OH is 1.